The minimum atomic E-state index is 0.109. The van der Waals surface area contributed by atoms with Gasteiger partial charge in [-0.1, -0.05) is 38.1 Å². The van der Waals surface area contributed by atoms with Crippen LogP contribution in [0.3, 0.4) is 0 Å². The van der Waals surface area contributed by atoms with Crippen molar-refractivity contribution < 1.29 is 4.79 Å². The predicted molar refractivity (Wildman–Crippen MR) is 94.9 cm³/mol. The lowest BCUT2D eigenvalue weighted by atomic mass is 10.0. The summed E-state index contributed by atoms with van der Waals surface area (Å²) in [5, 5.41) is 0. The molecular formula is C20H24N2O. The Morgan fingerprint density at radius 2 is 1.78 bits per heavy atom. The van der Waals surface area contributed by atoms with Gasteiger partial charge in [0.05, 0.1) is 6.54 Å². The first-order chi connectivity index (χ1) is 11.0. The van der Waals surface area contributed by atoms with Crippen molar-refractivity contribution in [2.75, 3.05) is 19.0 Å². The lowest BCUT2D eigenvalue weighted by molar-refractivity contribution is 0.0996. The van der Waals surface area contributed by atoms with Gasteiger partial charge >= 0.3 is 0 Å². The van der Waals surface area contributed by atoms with Crippen LogP contribution in [0.4, 0.5) is 5.69 Å². The van der Waals surface area contributed by atoms with Crippen molar-refractivity contribution in [1.82, 2.24) is 4.90 Å². The molecule has 0 saturated heterocycles. The lowest BCUT2D eigenvalue weighted by Crippen LogP contribution is -2.23. The highest BCUT2D eigenvalue weighted by Crippen LogP contribution is 2.30. The summed E-state index contributed by atoms with van der Waals surface area (Å²) in [7, 11) is 4.08. The molecule has 0 aromatic heterocycles. The molecule has 0 atom stereocenters. The summed E-state index contributed by atoms with van der Waals surface area (Å²) < 4.78 is 0. The van der Waals surface area contributed by atoms with Gasteiger partial charge in [-0.3, -0.25) is 4.79 Å². The number of anilines is 1. The van der Waals surface area contributed by atoms with E-state index in [0.717, 1.165) is 23.4 Å². The third-order valence-corrected chi connectivity index (χ3v) is 4.35. The fraction of sp³-hybridized carbons (Fsp3) is 0.350. The van der Waals surface area contributed by atoms with E-state index in [4.69, 9.17) is 0 Å². The highest BCUT2D eigenvalue weighted by molar-refractivity contribution is 6.10. The number of carbonyl (C=O) groups excluding carboxylic acids is 1. The minimum absolute atomic E-state index is 0.109. The third-order valence-electron chi connectivity index (χ3n) is 4.35. The standard InChI is InChI=1S/C20H24N2O/c1-14(2)16-7-9-18(10-8-16)22-13-17-6-5-15(12-21(3)4)11-19(17)20(22)23/h5-11,14H,12-13H2,1-4H3. The van der Waals surface area contributed by atoms with Crippen molar-refractivity contribution in [2.45, 2.75) is 32.9 Å². The van der Waals surface area contributed by atoms with Crippen LogP contribution in [0.15, 0.2) is 42.5 Å². The molecule has 2 aromatic rings. The molecule has 120 valence electrons. The van der Waals surface area contributed by atoms with Crippen LogP contribution in [0.2, 0.25) is 0 Å². The van der Waals surface area contributed by atoms with Crippen LogP contribution < -0.4 is 4.90 Å². The number of benzene rings is 2. The Morgan fingerprint density at radius 3 is 2.39 bits per heavy atom. The van der Waals surface area contributed by atoms with Crippen molar-refractivity contribution in [2.24, 2.45) is 0 Å². The first kappa shape index (κ1) is 15.8. The van der Waals surface area contributed by atoms with E-state index in [1.54, 1.807) is 0 Å². The number of fused-ring (bicyclic) bond motifs is 1. The Balaban J connectivity index is 1.85. The first-order valence-corrected chi connectivity index (χ1v) is 8.14. The van der Waals surface area contributed by atoms with Crippen LogP contribution in [0.5, 0.6) is 0 Å². The van der Waals surface area contributed by atoms with Gasteiger partial charge < -0.3 is 9.80 Å². The molecule has 1 aliphatic heterocycles. The molecule has 0 radical (unpaired) electrons. The highest BCUT2D eigenvalue weighted by Gasteiger charge is 2.28. The zero-order chi connectivity index (χ0) is 16.6. The van der Waals surface area contributed by atoms with Gasteiger partial charge in [-0.25, -0.2) is 0 Å². The normalized spacial score (nSPS) is 14.0. The number of hydrogen-bond donors (Lipinski definition) is 0. The largest absolute Gasteiger partial charge is 0.305 e. The van der Waals surface area contributed by atoms with E-state index in [2.05, 4.69) is 55.1 Å². The second-order valence-corrected chi connectivity index (χ2v) is 6.87. The fourth-order valence-electron chi connectivity index (χ4n) is 3.06. The molecule has 2 aromatic carbocycles. The molecule has 0 unspecified atom stereocenters. The Bertz CT molecular complexity index is 717. The maximum atomic E-state index is 12.8. The Morgan fingerprint density at radius 1 is 1.09 bits per heavy atom. The van der Waals surface area contributed by atoms with Crippen LogP contribution in [-0.4, -0.2) is 24.9 Å². The summed E-state index contributed by atoms with van der Waals surface area (Å²) in [6, 6.07) is 14.6. The van der Waals surface area contributed by atoms with Crippen LogP contribution in [-0.2, 0) is 13.1 Å². The molecular weight excluding hydrogens is 284 g/mol. The van der Waals surface area contributed by atoms with E-state index < -0.39 is 0 Å². The zero-order valence-corrected chi connectivity index (χ0v) is 14.3. The van der Waals surface area contributed by atoms with Crippen LogP contribution in [0.1, 0.15) is 46.8 Å². The minimum Gasteiger partial charge on any atom is -0.305 e. The van der Waals surface area contributed by atoms with Gasteiger partial charge in [0.2, 0.25) is 0 Å². The third kappa shape index (κ3) is 3.15. The Labute approximate surface area is 138 Å². The van der Waals surface area contributed by atoms with Gasteiger partial charge in [-0.2, -0.15) is 0 Å². The monoisotopic (exact) mass is 308 g/mol. The lowest BCUT2D eigenvalue weighted by Gasteiger charge is -2.16. The maximum Gasteiger partial charge on any atom is 0.258 e. The van der Waals surface area contributed by atoms with E-state index in [1.165, 1.54) is 11.1 Å². The first-order valence-electron chi connectivity index (χ1n) is 8.14. The summed E-state index contributed by atoms with van der Waals surface area (Å²) in [5.41, 5.74) is 5.41. The van der Waals surface area contributed by atoms with Gasteiger partial charge in [-0.05, 0) is 54.9 Å². The average molecular weight is 308 g/mol. The summed E-state index contributed by atoms with van der Waals surface area (Å²) in [6.45, 7) is 5.87. The number of nitrogens with zero attached hydrogens (tertiary/aromatic N) is 2. The number of rotatable bonds is 4. The van der Waals surface area contributed by atoms with Crippen molar-refractivity contribution in [3.05, 3.63) is 64.7 Å². The van der Waals surface area contributed by atoms with E-state index >= 15 is 0 Å². The van der Waals surface area contributed by atoms with Gasteiger partial charge in [0, 0.05) is 17.8 Å². The van der Waals surface area contributed by atoms with Gasteiger partial charge in [0.1, 0.15) is 0 Å². The smallest absolute Gasteiger partial charge is 0.258 e. The molecule has 1 aliphatic rings. The summed E-state index contributed by atoms with van der Waals surface area (Å²) in [4.78, 5) is 16.8. The van der Waals surface area contributed by atoms with Crippen molar-refractivity contribution in [3.63, 3.8) is 0 Å². The molecule has 1 amide bonds. The predicted octanol–water partition coefficient (Wildman–Crippen LogP) is 4.03. The molecule has 0 N–H and O–H groups in total. The second kappa shape index (κ2) is 6.17. The van der Waals surface area contributed by atoms with Gasteiger partial charge in [0.25, 0.3) is 5.91 Å². The zero-order valence-electron chi connectivity index (χ0n) is 14.3. The number of carbonyl (C=O) groups is 1. The van der Waals surface area contributed by atoms with Crippen LogP contribution in [0, 0.1) is 0 Å². The van der Waals surface area contributed by atoms with Crippen LogP contribution >= 0.6 is 0 Å². The molecule has 0 spiro atoms. The Hall–Kier alpha value is -2.13. The molecule has 0 fully saturated rings. The highest BCUT2D eigenvalue weighted by atomic mass is 16.2. The van der Waals surface area contributed by atoms with E-state index in [-0.39, 0.29) is 5.91 Å². The van der Waals surface area contributed by atoms with Gasteiger partial charge in [-0.15, -0.1) is 0 Å². The van der Waals surface area contributed by atoms with E-state index in [1.807, 2.05) is 25.1 Å². The summed E-state index contributed by atoms with van der Waals surface area (Å²) >= 11 is 0. The van der Waals surface area contributed by atoms with Gasteiger partial charge in [0.15, 0.2) is 0 Å². The molecule has 0 saturated carbocycles. The Kier molecular flexibility index (Phi) is 4.22. The summed E-state index contributed by atoms with van der Waals surface area (Å²) in [6.07, 6.45) is 0. The van der Waals surface area contributed by atoms with Crippen LogP contribution in [0.25, 0.3) is 0 Å². The molecule has 0 aliphatic carbocycles. The van der Waals surface area contributed by atoms with Crippen molar-refractivity contribution in [3.8, 4) is 0 Å². The number of hydrogen-bond acceptors (Lipinski definition) is 2. The van der Waals surface area contributed by atoms with Crippen molar-refractivity contribution in [1.29, 1.82) is 0 Å². The topological polar surface area (TPSA) is 23.6 Å². The quantitative estimate of drug-likeness (QED) is 0.851. The SMILES string of the molecule is CC(C)c1ccc(N2Cc3ccc(CN(C)C)cc3C2=O)cc1. The molecule has 1 heterocycles. The number of amides is 1. The fourth-order valence-corrected chi connectivity index (χ4v) is 3.06. The van der Waals surface area contributed by atoms with E-state index in [0.29, 0.717) is 12.5 Å². The maximum absolute atomic E-state index is 12.8. The van der Waals surface area contributed by atoms with E-state index in [9.17, 15) is 4.79 Å². The molecule has 3 rings (SSSR count). The summed E-state index contributed by atoms with van der Waals surface area (Å²) in [5.74, 6) is 0.613. The second-order valence-electron chi connectivity index (χ2n) is 6.87. The molecule has 23 heavy (non-hydrogen) atoms. The molecule has 0 bridgehead atoms. The average Bonchev–Trinajstić information content (AvgIpc) is 2.84. The van der Waals surface area contributed by atoms with Crippen molar-refractivity contribution >= 4 is 11.6 Å². The molecule has 3 heteroatoms. The molecule has 3 nitrogen and oxygen atoms in total.